The molecule has 1 aliphatic rings. The lowest BCUT2D eigenvalue weighted by atomic mass is 9.99. The molecule has 1 fully saturated rings. The third-order valence-corrected chi connectivity index (χ3v) is 10.4. The Bertz CT molecular complexity index is 1450. The number of thioether (sulfide) groups is 1. The van der Waals surface area contributed by atoms with E-state index >= 15 is 0 Å². The van der Waals surface area contributed by atoms with Crippen LogP contribution in [0.4, 0.5) is 0 Å². The third-order valence-electron chi connectivity index (χ3n) is 6.62. The van der Waals surface area contributed by atoms with Crippen LogP contribution in [0.2, 0.25) is 5.02 Å². The van der Waals surface area contributed by atoms with E-state index in [1.807, 2.05) is 18.2 Å². The molecule has 1 saturated carbocycles. The van der Waals surface area contributed by atoms with Gasteiger partial charge in [0.05, 0.1) is 11.5 Å². The first-order chi connectivity index (χ1) is 19.2. The Kier molecular flexibility index (Phi) is 8.16. The van der Waals surface area contributed by atoms with Gasteiger partial charge in [-0.15, -0.1) is 16.9 Å². The van der Waals surface area contributed by atoms with Gasteiger partial charge in [0.1, 0.15) is 5.69 Å². The van der Waals surface area contributed by atoms with Crippen molar-refractivity contribution in [1.29, 1.82) is 0 Å². The Labute approximate surface area is 241 Å². The van der Waals surface area contributed by atoms with Crippen LogP contribution >= 0.6 is 31.3 Å². The predicted molar refractivity (Wildman–Crippen MR) is 166 cm³/mol. The molecule has 6 heteroatoms. The summed E-state index contributed by atoms with van der Waals surface area (Å²) < 4.78 is 2.15. The van der Waals surface area contributed by atoms with Crippen LogP contribution in [0.1, 0.15) is 13.0 Å². The first-order valence-corrected chi connectivity index (χ1v) is 15.3. The summed E-state index contributed by atoms with van der Waals surface area (Å²) in [6, 6.07) is 39.9. The monoisotopic (exact) mass is 562 g/mol. The van der Waals surface area contributed by atoms with E-state index in [0.29, 0.717) is 0 Å². The lowest BCUT2D eigenvalue weighted by molar-refractivity contribution is 0.517. The molecule has 0 saturated heterocycles. The van der Waals surface area contributed by atoms with Gasteiger partial charge in [0.2, 0.25) is 0 Å². The highest BCUT2D eigenvalue weighted by molar-refractivity contribution is 8.02. The van der Waals surface area contributed by atoms with Crippen molar-refractivity contribution >= 4 is 47.3 Å². The van der Waals surface area contributed by atoms with Gasteiger partial charge >= 0.3 is 0 Å². The maximum Gasteiger partial charge on any atom is 0.121 e. The first-order valence-electron chi connectivity index (χ1n) is 12.8. The van der Waals surface area contributed by atoms with Crippen LogP contribution < -0.4 is 16.0 Å². The fraction of sp³-hybridized carbons (Fsp3) is 0.0606. The fourth-order valence-electron chi connectivity index (χ4n) is 4.71. The van der Waals surface area contributed by atoms with Crippen LogP contribution in [0, 0.1) is 30.4 Å². The Morgan fingerprint density at radius 2 is 1.33 bits per heavy atom. The third kappa shape index (κ3) is 5.70. The molecule has 1 aromatic heterocycles. The predicted octanol–water partition coefficient (Wildman–Crippen LogP) is 7.44. The average molecular weight is 563 g/mol. The second-order valence-corrected chi connectivity index (χ2v) is 12.8. The smallest absolute Gasteiger partial charge is 0.121 e. The Morgan fingerprint density at radius 1 is 0.744 bits per heavy atom. The molecule has 1 atom stereocenters. The molecule has 1 aliphatic carbocycles. The van der Waals surface area contributed by atoms with Gasteiger partial charge in [-0.2, -0.15) is 0 Å². The van der Waals surface area contributed by atoms with Crippen LogP contribution in [0.25, 0.3) is 11.3 Å². The van der Waals surface area contributed by atoms with Gasteiger partial charge in [-0.3, -0.25) is 0 Å². The topological polar surface area (TPSA) is 30.7 Å². The molecule has 4 aromatic carbocycles. The Hall–Kier alpha value is -2.91. The van der Waals surface area contributed by atoms with Crippen molar-refractivity contribution in [3.63, 3.8) is 0 Å². The number of hydrogen-bond donors (Lipinski definition) is 0. The van der Waals surface area contributed by atoms with Gasteiger partial charge in [0, 0.05) is 34.6 Å². The van der Waals surface area contributed by atoms with Crippen LogP contribution in [0.5, 0.6) is 0 Å². The highest BCUT2D eigenvalue weighted by Crippen LogP contribution is 2.50. The molecular weight excluding hydrogens is 537 g/mol. The van der Waals surface area contributed by atoms with Crippen LogP contribution in [-0.2, 0) is 0 Å². The van der Waals surface area contributed by atoms with Crippen LogP contribution in [0.15, 0.2) is 120 Å². The molecule has 39 heavy (non-hydrogen) atoms. The summed E-state index contributed by atoms with van der Waals surface area (Å²) in [5.41, 5.74) is 3.15. The van der Waals surface area contributed by atoms with E-state index in [1.165, 1.54) is 21.8 Å². The SMILES string of the molecule is C[C@@H]([C]1[CH][CH][CH][C]1Sc1ccc(Cl)cc1)n1nnc(-c2ccccc2)c1P(c1ccccc1)c1ccccc1. The van der Waals surface area contributed by atoms with Gasteiger partial charge in [0.15, 0.2) is 0 Å². The Balaban J connectivity index is 1.45. The van der Waals surface area contributed by atoms with Crippen molar-refractivity contribution in [2.24, 2.45) is 0 Å². The van der Waals surface area contributed by atoms with E-state index < -0.39 is 7.92 Å². The number of halogens is 1. The van der Waals surface area contributed by atoms with Crippen molar-refractivity contribution in [3.05, 3.63) is 151 Å². The van der Waals surface area contributed by atoms with E-state index in [9.17, 15) is 0 Å². The molecule has 3 nitrogen and oxygen atoms in total. The van der Waals surface area contributed by atoms with Crippen molar-refractivity contribution in [1.82, 2.24) is 15.0 Å². The molecule has 1 heterocycles. The summed E-state index contributed by atoms with van der Waals surface area (Å²) in [6.45, 7) is 2.22. The number of benzene rings is 4. The summed E-state index contributed by atoms with van der Waals surface area (Å²) in [4.78, 5) is 1.15. The van der Waals surface area contributed by atoms with E-state index in [4.69, 9.17) is 21.9 Å². The zero-order valence-corrected chi connectivity index (χ0v) is 23.8. The van der Waals surface area contributed by atoms with Gasteiger partial charge in [-0.05, 0) is 61.1 Å². The summed E-state index contributed by atoms with van der Waals surface area (Å²) in [7, 11) is -0.927. The summed E-state index contributed by atoms with van der Waals surface area (Å²) >= 11 is 7.88. The van der Waals surface area contributed by atoms with E-state index in [1.54, 1.807) is 11.8 Å². The highest BCUT2D eigenvalue weighted by Gasteiger charge is 2.38. The van der Waals surface area contributed by atoms with E-state index in [2.05, 4.69) is 128 Å². The van der Waals surface area contributed by atoms with Crippen LogP contribution in [-0.4, -0.2) is 15.0 Å². The summed E-state index contributed by atoms with van der Waals surface area (Å²) in [5, 5.41) is 14.1. The molecule has 0 bridgehead atoms. The van der Waals surface area contributed by atoms with Crippen molar-refractivity contribution in [2.75, 3.05) is 0 Å². The molecule has 5 radical (unpaired) electrons. The summed E-state index contributed by atoms with van der Waals surface area (Å²) in [6.07, 6.45) is 6.50. The zero-order valence-electron chi connectivity index (χ0n) is 21.4. The molecule has 0 aliphatic heterocycles. The molecular formula is C33H26ClN3PS. The van der Waals surface area contributed by atoms with Crippen LogP contribution in [0.3, 0.4) is 0 Å². The van der Waals surface area contributed by atoms with Gasteiger partial charge in [-0.1, -0.05) is 108 Å². The lowest BCUT2D eigenvalue weighted by Crippen LogP contribution is -2.32. The lowest BCUT2D eigenvalue weighted by Gasteiger charge is -2.28. The average Bonchev–Trinajstić information content (AvgIpc) is 3.63. The Morgan fingerprint density at radius 3 is 1.95 bits per heavy atom. The van der Waals surface area contributed by atoms with Crippen molar-refractivity contribution in [2.45, 2.75) is 17.9 Å². The fourth-order valence-corrected chi connectivity index (χ4v) is 8.39. The van der Waals surface area contributed by atoms with Gasteiger partial charge < -0.3 is 0 Å². The number of nitrogens with zero attached hydrogens (tertiary/aromatic N) is 3. The van der Waals surface area contributed by atoms with E-state index in [0.717, 1.165) is 26.6 Å². The molecule has 0 unspecified atom stereocenters. The molecule has 6 rings (SSSR count). The van der Waals surface area contributed by atoms with Crippen molar-refractivity contribution < 1.29 is 0 Å². The second kappa shape index (κ2) is 12.1. The first kappa shape index (κ1) is 26.3. The normalized spacial score (nSPS) is 15.2. The highest BCUT2D eigenvalue weighted by atomic mass is 35.5. The minimum atomic E-state index is -0.927. The maximum absolute atomic E-state index is 6.13. The standard InChI is InChI=1S/C33H26ClN3PS/c1-24(30-18-11-19-31(30)39-29-22-20-26(34)21-23-29)37-33(32(35-36-37)25-12-5-2-6-13-25)38(27-14-7-3-8-15-27)28-16-9-4-10-17-28/h2-24H,1H3/t24-/m0/s1. The van der Waals surface area contributed by atoms with E-state index in [-0.39, 0.29) is 6.04 Å². The summed E-state index contributed by atoms with van der Waals surface area (Å²) in [5.74, 6) is 1.22. The zero-order chi connectivity index (χ0) is 26.6. The number of aromatic nitrogens is 3. The minimum absolute atomic E-state index is 0.0211. The number of rotatable bonds is 8. The quantitative estimate of drug-likeness (QED) is 0.184. The van der Waals surface area contributed by atoms with Crippen molar-refractivity contribution in [3.8, 4) is 11.3 Å². The second-order valence-electron chi connectivity index (χ2n) is 9.16. The van der Waals surface area contributed by atoms with Gasteiger partial charge in [0.25, 0.3) is 0 Å². The molecule has 0 amide bonds. The van der Waals surface area contributed by atoms with Gasteiger partial charge in [-0.25, -0.2) is 4.68 Å². The maximum atomic E-state index is 6.13. The minimum Gasteiger partial charge on any atom is -0.240 e. The molecule has 5 aromatic rings. The molecule has 191 valence electrons. The molecule has 0 N–H and O–H groups in total. The largest absolute Gasteiger partial charge is 0.240 e. The molecule has 0 spiro atoms. The number of hydrogen-bond acceptors (Lipinski definition) is 3.